The average molecular weight is 89.0 g/mol. The molecule has 19 valence electrons. The maximum Gasteiger partial charge on any atom is 1.00 e. The molecule has 1 nitrogen and oxygen atoms in total. The minimum Gasteiger partial charge on any atom is -0.542 e. The summed E-state index contributed by atoms with van der Waals surface area (Å²) in [4.78, 5) is 8.68. The summed E-state index contributed by atoms with van der Waals surface area (Å²) in [7, 11) is 0. The number of rotatable bonds is 0. The molecule has 0 spiro atoms. The van der Waals surface area contributed by atoms with Crippen molar-refractivity contribution < 1.29 is 34.4 Å². The van der Waals surface area contributed by atoms with Crippen LogP contribution in [0.3, 0.4) is 0 Å². The first kappa shape index (κ1) is 15.9. The molecule has 0 aromatic carbocycles. The van der Waals surface area contributed by atoms with E-state index in [2.05, 4.69) is 0 Å². The van der Waals surface area contributed by atoms with Crippen molar-refractivity contribution in [2.24, 2.45) is 0 Å². The van der Waals surface area contributed by atoms with Crippen LogP contribution in [0.25, 0.3) is 0 Å². The second-order valence-corrected chi connectivity index (χ2v) is 0.204. The van der Waals surface area contributed by atoms with Crippen molar-refractivity contribution in [1.29, 1.82) is 0 Å². The first-order valence-corrected chi connectivity index (χ1v) is 0.704. The van der Waals surface area contributed by atoms with Crippen molar-refractivity contribution in [3.8, 4) is 0 Å². The third-order valence-corrected chi connectivity index (χ3v) is 0. The van der Waals surface area contributed by atoms with E-state index in [-0.39, 0.29) is 59.1 Å². The van der Waals surface area contributed by atoms with Crippen LogP contribution in [0.2, 0.25) is 0 Å². The van der Waals surface area contributed by atoms with Crippen molar-refractivity contribution in [1.82, 2.24) is 0 Å². The van der Waals surface area contributed by atoms with Crippen LogP contribution in [0.4, 0.5) is 0 Å². The molecule has 0 rings (SSSR count). The topological polar surface area (TPSA) is 17.1 Å². The van der Waals surface area contributed by atoms with Gasteiger partial charge in [-0.15, -0.1) is 0 Å². The van der Waals surface area contributed by atoms with Gasteiger partial charge in [0.1, 0.15) is 0 Å². The van der Waals surface area contributed by atoms with Crippen LogP contribution >= 0.6 is 0 Å². The van der Waals surface area contributed by atoms with E-state index in [0.717, 1.165) is 0 Å². The Morgan fingerprint density at radius 1 is 1.60 bits per heavy atom. The summed E-state index contributed by atoms with van der Waals surface area (Å²) in [5.41, 5.74) is 0. The van der Waals surface area contributed by atoms with Gasteiger partial charge < -0.3 is 4.79 Å². The Labute approximate surface area is 76.1 Å². The Balaban J connectivity index is -0.0000000200. The summed E-state index contributed by atoms with van der Waals surface area (Å²) in [6.45, 7) is 1.32. The van der Waals surface area contributed by atoms with E-state index in [9.17, 15) is 0 Å². The van der Waals surface area contributed by atoms with Gasteiger partial charge in [0.2, 0.25) is 0 Å². The van der Waals surface area contributed by atoms with Crippen LogP contribution in [0.1, 0.15) is 6.92 Å². The van der Waals surface area contributed by atoms with E-state index in [1.807, 2.05) is 0 Å². The predicted molar refractivity (Wildman–Crippen MR) is 17.1 cm³/mol. The molecule has 0 fully saturated rings. The third-order valence-electron chi connectivity index (χ3n) is 0. The van der Waals surface area contributed by atoms with Crippen molar-refractivity contribution in [3.63, 3.8) is 0 Å². The van der Waals surface area contributed by atoms with Crippen LogP contribution in [0.15, 0.2) is 0 Å². The molecule has 0 N–H and O–H groups in total. The molecule has 3 heteroatoms. The Bertz CT molecular complexity index is 15.1. The normalized spacial score (nSPS) is 2.60. The van der Waals surface area contributed by atoms with E-state index >= 15 is 0 Å². The molecule has 0 atom stereocenters. The largest absolute Gasteiger partial charge is 1.00 e. The first-order valence-electron chi connectivity index (χ1n) is 0.704. The Morgan fingerprint density at radius 2 is 1.60 bits per heavy atom. The molecule has 0 aliphatic rings. The van der Waals surface area contributed by atoms with Gasteiger partial charge in [0.15, 0.2) is 0 Å². The molecule has 0 amide bonds. The summed E-state index contributed by atoms with van der Waals surface area (Å²) in [6, 6.07) is 0. The van der Waals surface area contributed by atoms with Gasteiger partial charge in [-0.2, -0.15) is 6.92 Å². The summed E-state index contributed by atoms with van der Waals surface area (Å²) in [5, 5.41) is 0. The van der Waals surface area contributed by atoms with Gasteiger partial charge >= 0.3 is 29.6 Å². The fraction of sp³-hybridized carbons (Fsp3) is 0.500. The summed E-state index contributed by atoms with van der Waals surface area (Å²) in [5.74, 6) is 0. The van der Waals surface area contributed by atoms with Crippen molar-refractivity contribution in [2.75, 3.05) is 0 Å². The standard InChI is InChI=1S/C2H3O.2Na/c1-2-3;;/h1H3;;/q-1;;+1. The molecule has 0 bridgehead atoms. The minimum absolute atomic E-state index is 0. The van der Waals surface area contributed by atoms with E-state index in [4.69, 9.17) is 4.79 Å². The monoisotopic (exact) mass is 89.0 g/mol. The second kappa shape index (κ2) is 17.3. The second-order valence-electron chi connectivity index (χ2n) is 0.204. The smallest absolute Gasteiger partial charge is 0.542 e. The van der Waals surface area contributed by atoms with E-state index < -0.39 is 0 Å². The Kier molecular flexibility index (Phi) is 55.2. The Hall–Kier alpha value is 1.67. The number of hydrogen-bond acceptors (Lipinski definition) is 1. The van der Waals surface area contributed by atoms with E-state index in [1.165, 1.54) is 13.2 Å². The van der Waals surface area contributed by atoms with Gasteiger partial charge in [-0.25, -0.2) is 0 Å². The molecular weight excluding hydrogens is 86.0 g/mol. The molecular formula is C2H3Na2O. The van der Waals surface area contributed by atoms with E-state index in [1.54, 1.807) is 0 Å². The number of carbonyl (C=O) groups excluding carboxylic acids is 1. The summed E-state index contributed by atoms with van der Waals surface area (Å²) < 4.78 is 0. The predicted octanol–water partition coefficient (Wildman–Crippen LogP) is -3.26. The maximum absolute atomic E-state index is 8.68. The van der Waals surface area contributed by atoms with E-state index in [0.29, 0.717) is 0 Å². The van der Waals surface area contributed by atoms with Crippen LogP contribution in [0.5, 0.6) is 0 Å². The fourth-order valence-electron chi connectivity index (χ4n) is 0. The van der Waals surface area contributed by atoms with Crippen LogP contribution in [-0.4, -0.2) is 35.8 Å². The van der Waals surface area contributed by atoms with Crippen LogP contribution in [0, 0.1) is 0 Å². The van der Waals surface area contributed by atoms with Crippen molar-refractivity contribution >= 4 is 35.8 Å². The van der Waals surface area contributed by atoms with Gasteiger partial charge in [0.25, 0.3) is 0 Å². The number of hydrogen-bond donors (Lipinski definition) is 0. The molecule has 0 aromatic heterocycles. The minimum atomic E-state index is 0. The van der Waals surface area contributed by atoms with Crippen molar-refractivity contribution in [3.05, 3.63) is 0 Å². The first-order chi connectivity index (χ1) is 1.41. The zero-order valence-electron chi connectivity index (χ0n) is 3.91. The zero-order valence-corrected chi connectivity index (χ0v) is 7.91. The molecule has 0 saturated carbocycles. The van der Waals surface area contributed by atoms with Gasteiger partial charge in [0.05, 0.1) is 0 Å². The molecule has 0 unspecified atom stereocenters. The Morgan fingerprint density at radius 3 is 1.60 bits per heavy atom. The molecule has 0 aliphatic carbocycles. The van der Waals surface area contributed by atoms with Gasteiger partial charge in [0, 0.05) is 29.6 Å². The summed E-state index contributed by atoms with van der Waals surface area (Å²) >= 11 is 0. The maximum atomic E-state index is 8.68. The molecule has 0 saturated heterocycles. The molecule has 0 aliphatic heterocycles. The molecule has 0 aromatic rings. The van der Waals surface area contributed by atoms with Gasteiger partial charge in [-0.05, 0) is 0 Å². The SMILES string of the molecule is C[C-]=O.[Na+].[Na]. The average Bonchev–Trinajstić information content (AvgIpc) is 0.918. The van der Waals surface area contributed by atoms with Crippen LogP contribution in [-0.2, 0) is 4.79 Å². The van der Waals surface area contributed by atoms with Crippen molar-refractivity contribution in [2.45, 2.75) is 6.92 Å². The molecule has 5 heavy (non-hydrogen) atoms. The molecule has 0 heterocycles. The summed E-state index contributed by atoms with van der Waals surface area (Å²) in [6.07, 6.45) is 1.50. The molecule has 1 radical (unpaired) electrons. The van der Waals surface area contributed by atoms with Crippen LogP contribution < -0.4 is 29.6 Å². The zero-order chi connectivity index (χ0) is 2.71. The fourth-order valence-corrected chi connectivity index (χ4v) is 0. The third kappa shape index (κ3) is 27.4. The van der Waals surface area contributed by atoms with Gasteiger partial charge in [-0.1, -0.05) is 0 Å². The quantitative estimate of drug-likeness (QED) is 0.225. The van der Waals surface area contributed by atoms with Gasteiger partial charge in [-0.3, -0.25) is 6.29 Å².